The van der Waals surface area contributed by atoms with Crippen LogP contribution in [-0.4, -0.2) is 16.4 Å². The van der Waals surface area contributed by atoms with E-state index in [0.717, 1.165) is 6.07 Å². The van der Waals surface area contributed by atoms with Gasteiger partial charge in [-0.15, -0.1) is 0 Å². The summed E-state index contributed by atoms with van der Waals surface area (Å²) in [5, 5.41) is 2.72. The van der Waals surface area contributed by atoms with Crippen molar-refractivity contribution in [3.8, 4) is 0 Å². The summed E-state index contributed by atoms with van der Waals surface area (Å²) in [7, 11) is 0. The molecule has 6 heteroatoms. The van der Waals surface area contributed by atoms with Crippen LogP contribution in [0.15, 0.2) is 22.7 Å². The lowest BCUT2D eigenvalue weighted by Crippen LogP contribution is -2.54. The third-order valence-electron chi connectivity index (χ3n) is 2.82. The smallest absolute Gasteiger partial charge is 0.252 e. The number of nitrogens with one attached hydrogen (secondary N) is 1. The number of hydrogen-bond acceptors (Lipinski definition) is 2. The fraction of sp³-hybridized carbons (Fsp3) is 0.333. The highest BCUT2D eigenvalue weighted by Crippen LogP contribution is 2.17. The van der Waals surface area contributed by atoms with Crippen LogP contribution in [0.25, 0.3) is 0 Å². The minimum atomic E-state index is -0.768. The Kier molecular flexibility index (Phi) is 4.81. The van der Waals surface area contributed by atoms with Gasteiger partial charge < -0.3 is 11.1 Å². The zero-order valence-corrected chi connectivity index (χ0v) is 12.5. The number of hydrogen-bond donors (Lipinski definition) is 2. The maximum atomic E-state index is 13.3. The first-order chi connectivity index (χ1) is 8.30. The number of benzene rings is 1. The van der Waals surface area contributed by atoms with E-state index in [1.165, 1.54) is 12.1 Å². The van der Waals surface area contributed by atoms with Crippen molar-refractivity contribution in [1.29, 1.82) is 0 Å². The van der Waals surface area contributed by atoms with Crippen LogP contribution in [0, 0.1) is 5.82 Å². The van der Waals surface area contributed by atoms with Crippen LogP contribution < -0.4 is 11.1 Å². The fourth-order valence-electron chi connectivity index (χ4n) is 1.28. The summed E-state index contributed by atoms with van der Waals surface area (Å²) in [5.41, 5.74) is 5.06. The van der Waals surface area contributed by atoms with Gasteiger partial charge in [0.1, 0.15) is 5.82 Å². The molecular weight excluding hydrogens is 319 g/mol. The Balaban J connectivity index is 2.95. The Hall–Kier alpha value is -1.01. The molecule has 0 aliphatic rings. The van der Waals surface area contributed by atoms with Gasteiger partial charge >= 0.3 is 0 Å². The summed E-state index contributed by atoms with van der Waals surface area (Å²) in [4.78, 5) is 12.2. The first-order valence-corrected chi connectivity index (χ1v) is 6.57. The summed E-state index contributed by atoms with van der Waals surface area (Å²) in [5.74, 6) is -0.894. The van der Waals surface area contributed by atoms with Crippen molar-refractivity contribution in [2.75, 3.05) is 0 Å². The second-order valence-corrected chi connectivity index (χ2v) is 5.43. The molecule has 0 aliphatic carbocycles. The summed E-state index contributed by atoms with van der Waals surface area (Å²) in [6.07, 6.45) is 0.563. The maximum absolute atomic E-state index is 13.3. The predicted octanol–water partition coefficient (Wildman–Crippen LogP) is 2.77. The molecule has 0 bridgehead atoms. The Morgan fingerprint density at radius 2 is 2.22 bits per heavy atom. The Bertz CT molecular complexity index is 495. The fourth-order valence-corrected chi connectivity index (χ4v) is 1.73. The van der Waals surface area contributed by atoms with Gasteiger partial charge in [-0.3, -0.25) is 4.79 Å². The minimum Gasteiger partial charge on any atom is -0.391 e. The third kappa shape index (κ3) is 3.26. The molecule has 0 saturated heterocycles. The molecule has 1 atom stereocenters. The molecule has 1 aromatic carbocycles. The SMILES string of the molecule is CCC(C)(NC(=O)c1ccc(Br)c(F)c1)C(N)=S. The lowest BCUT2D eigenvalue weighted by Gasteiger charge is -2.28. The molecule has 0 aromatic heterocycles. The van der Waals surface area contributed by atoms with Gasteiger partial charge in [0.25, 0.3) is 5.91 Å². The summed E-state index contributed by atoms with van der Waals surface area (Å²) in [6, 6.07) is 4.17. The van der Waals surface area contributed by atoms with Crippen molar-refractivity contribution in [2.24, 2.45) is 5.73 Å². The van der Waals surface area contributed by atoms with Crippen LogP contribution in [0.3, 0.4) is 0 Å². The molecule has 1 unspecified atom stereocenters. The summed E-state index contributed by atoms with van der Waals surface area (Å²) >= 11 is 7.96. The van der Waals surface area contributed by atoms with Gasteiger partial charge in [0.2, 0.25) is 0 Å². The lowest BCUT2D eigenvalue weighted by molar-refractivity contribution is 0.0926. The molecule has 0 spiro atoms. The normalized spacial score (nSPS) is 13.8. The molecule has 0 saturated carbocycles. The number of thiocarbonyl (C=S) groups is 1. The minimum absolute atomic E-state index is 0.205. The molecule has 18 heavy (non-hydrogen) atoms. The van der Waals surface area contributed by atoms with Gasteiger partial charge in [-0.05, 0) is 47.5 Å². The largest absolute Gasteiger partial charge is 0.391 e. The van der Waals surface area contributed by atoms with Gasteiger partial charge in [-0.2, -0.15) is 0 Å². The van der Waals surface area contributed by atoms with Crippen LogP contribution in [-0.2, 0) is 0 Å². The van der Waals surface area contributed by atoms with E-state index in [1.54, 1.807) is 6.92 Å². The van der Waals surface area contributed by atoms with Gasteiger partial charge in [0.15, 0.2) is 0 Å². The highest BCUT2D eigenvalue weighted by molar-refractivity contribution is 9.10. The van der Waals surface area contributed by atoms with E-state index >= 15 is 0 Å². The second-order valence-electron chi connectivity index (χ2n) is 4.13. The molecular formula is C12H14BrFN2OS. The number of nitrogens with two attached hydrogens (primary N) is 1. The van der Waals surface area contributed by atoms with E-state index in [1.807, 2.05) is 6.92 Å². The number of rotatable bonds is 4. The molecule has 98 valence electrons. The van der Waals surface area contributed by atoms with Crippen molar-refractivity contribution >= 4 is 39.0 Å². The van der Waals surface area contributed by atoms with Gasteiger partial charge in [-0.25, -0.2) is 4.39 Å². The number of carbonyl (C=O) groups excluding carboxylic acids is 1. The van der Waals surface area contributed by atoms with Gasteiger partial charge in [0.05, 0.1) is 15.0 Å². The first-order valence-electron chi connectivity index (χ1n) is 5.37. The van der Waals surface area contributed by atoms with Gasteiger partial charge in [-0.1, -0.05) is 19.1 Å². The van der Waals surface area contributed by atoms with E-state index < -0.39 is 17.3 Å². The van der Waals surface area contributed by atoms with E-state index in [4.69, 9.17) is 18.0 Å². The number of amides is 1. The Labute approximate surface area is 119 Å². The number of carbonyl (C=O) groups is 1. The van der Waals surface area contributed by atoms with Crippen LogP contribution in [0.2, 0.25) is 0 Å². The van der Waals surface area contributed by atoms with Gasteiger partial charge in [0, 0.05) is 5.56 Å². The molecule has 0 aliphatic heterocycles. The van der Waals surface area contributed by atoms with Crippen LogP contribution >= 0.6 is 28.1 Å². The zero-order chi connectivity index (χ0) is 13.9. The Morgan fingerprint density at radius 3 is 2.67 bits per heavy atom. The van der Waals surface area contributed by atoms with Crippen molar-refractivity contribution in [3.63, 3.8) is 0 Å². The average molecular weight is 333 g/mol. The highest BCUT2D eigenvalue weighted by Gasteiger charge is 2.28. The number of halogens is 2. The second kappa shape index (κ2) is 5.75. The topological polar surface area (TPSA) is 55.1 Å². The molecule has 1 amide bonds. The van der Waals surface area contributed by atoms with Crippen molar-refractivity contribution in [3.05, 3.63) is 34.1 Å². The quantitative estimate of drug-likeness (QED) is 0.833. The van der Waals surface area contributed by atoms with Crippen molar-refractivity contribution in [1.82, 2.24) is 5.32 Å². The molecule has 0 heterocycles. The Morgan fingerprint density at radius 1 is 1.61 bits per heavy atom. The molecule has 1 rings (SSSR count). The van der Waals surface area contributed by atoms with E-state index in [0.29, 0.717) is 10.9 Å². The zero-order valence-electron chi connectivity index (χ0n) is 10.1. The standard InChI is InChI=1S/C12H14BrFN2OS/c1-3-12(2,11(15)18)16-10(17)7-4-5-8(13)9(14)6-7/h4-6H,3H2,1-2H3,(H2,15,18)(H,16,17). The average Bonchev–Trinajstić information content (AvgIpc) is 2.32. The van der Waals surface area contributed by atoms with Crippen LogP contribution in [0.1, 0.15) is 30.6 Å². The molecule has 3 nitrogen and oxygen atoms in total. The van der Waals surface area contributed by atoms with E-state index in [-0.39, 0.29) is 10.6 Å². The van der Waals surface area contributed by atoms with Crippen LogP contribution in [0.5, 0.6) is 0 Å². The molecule has 1 aromatic rings. The van der Waals surface area contributed by atoms with Crippen molar-refractivity contribution in [2.45, 2.75) is 25.8 Å². The lowest BCUT2D eigenvalue weighted by atomic mass is 9.98. The van der Waals surface area contributed by atoms with Crippen molar-refractivity contribution < 1.29 is 9.18 Å². The monoisotopic (exact) mass is 332 g/mol. The summed E-state index contributed by atoms with van der Waals surface area (Å²) in [6.45, 7) is 3.60. The highest BCUT2D eigenvalue weighted by atomic mass is 79.9. The predicted molar refractivity (Wildman–Crippen MR) is 77.0 cm³/mol. The third-order valence-corrected chi connectivity index (χ3v) is 3.92. The maximum Gasteiger partial charge on any atom is 0.252 e. The molecule has 3 N–H and O–H groups in total. The first kappa shape index (κ1) is 15.0. The molecule has 0 fully saturated rings. The summed E-state index contributed by atoms with van der Waals surface area (Å²) < 4.78 is 13.6. The molecule has 0 radical (unpaired) electrons. The van der Waals surface area contributed by atoms with Crippen LogP contribution in [0.4, 0.5) is 4.39 Å². The van der Waals surface area contributed by atoms with E-state index in [2.05, 4.69) is 21.2 Å². The van der Waals surface area contributed by atoms with E-state index in [9.17, 15) is 9.18 Å².